The van der Waals surface area contributed by atoms with Crippen molar-refractivity contribution < 1.29 is 4.39 Å². The Balaban J connectivity index is 2.02. The minimum absolute atomic E-state index is 0.224. The average molecular weight is 309 g/mol. The molecule has 0 aliphatic carbocycles. The third-order valence-electron chi connectivity index (χ3n) is 2.87. The van der Waals surface area contributed by atoms with E-state index in [1.54, 1.807) is 18.2 Å². The van der Waals surface area contributed by atoms with Gasteiger partial charge in [0.1, 0.15) is 10.8 Å². The van der Waals surface area contributed by atoms with Crippen molar-refractivity contribution >= 4 is 34.5 Å². The van der Waals surface area contributed by atoms with Crippen molar-refractivity contribution in [1.29, 1.82) is 0 Å². The molecule has 104 valence electrons. The molecule has 5 heteroatoms. The summed E-state index contributed by atoms with van der Waals surface area (Å²) in [5, 5.41) is 3.83. The Morgan fingerprint density at radius 2 is 2.05 bits per heavy atom. The zero-order valence-corrected chi connectivity index (χ0v) is 12.3. The van der Waals surface area contributed by atoms with Crippen LogP contribution < -0.4 is 11.1 Å². The summed E-state index contributed by atoms with van der Waals surface area (Å²) in [6.07, 6.45) is 0.706. The van der Waals surface area contributed by atoms with Crippen molar-refractivity contribution in [2.75, 3.05) is 11.9 Å². The van der Waals surface area contributed by atoms with Crippen LogP contribution in [0.4, 0.5) is 10.1 Å². The summed E-state index contributed by atoms with van der Waals surface area (Å²) in [6, 6.07) is 11.9. The van der Waals surface area contributed by atoms with Gasteiger partial charge in [-0.05, 0) is 42.3 Å². The first-order chi connectivity index (χ1) is 9.56. The van der Waals surface area contributed by atoms with Crippen molar-refractivity contribution in [1.82, 2.24) is 0 Å². The molecular weight excluding hydrogens is 295 g/mol. The van der Waals surface area contributed by atoms with Crippen LogP contribution in [-0.2, 0) is 6.42 Å². The van der Waals surface area contributed by atoms with Gasteiger partial charge in [-0.15, -0.1) is 0 Å². The summed E-state index contributed by atoms with van der Waals surface area (Å²) in [4.78, 5) is 0.292. The van der Waals surface area contributed by atoms with Crippen molar-refractivity contribution in [2.24, 2.45) is 5.73 Å². The molecule has 0 saturated heterocycles. The van der Waals surface area contributed by atoms with Gasteiger partial charge in [-0.3, -0.25) is 0 Å². The molecule has 0 heterocycles. The Kier molecular flexibility index (Phi) is 4.93. The number of anilines is 1. The first-order valence-corrected chi connectivity index (χ1v) is 6.92. The van der Waals surface area contributed by atoms with E-state index in [1.165, 1.54) is 12.1 Å². The second kappa shape index (κ2) is 6.68. The minimum Gasteiger partial charge on any atom is -0.389 e. The van der Waals surface area contributed by atoms with Gasteiger partial charge in [0.25, 0.3) is 0 Å². The molecule has 0 fully saturated rings. The lowest BCUT2D eigenvalue weighted by Gasteiger charge is -2.11. The van der Waals surface area contributed by atoms with E-state index in [0.717, 1.165) is 11.3 Å². The molecule has 0 radical (unpaired) electrons. The molecular formula is C15H14ClFN2S. The molecule has 0 spiro atoms. The molecule has 3 N–H and O–H groups in total. The number of hydrogen-bond donors (Lipinski definition) is 2. The fourth-order valence-corrected chi connectivity index (χ4v) is 2.25. The standard InChI is InChI=1S/C15H14ClFN2S/c16-11-4-5-14(13(9-11)15(18)20)19-7-6-10-2-1-3-12(17)8-10/h1-5,8-9,19H,6-7H2,(H2,18,20). The maximum Gasteiger partial charge on any atom is 0.123 e. The SMILES string of the molecule is NC(=S)c1cc(Cl)ccc1NCCc1cccc(F)c1. The summed E-state index contributed by atoms with van der Waals surface area (Å²) < 4.78 is 13.1. The van der Waals surface area contributed by atoms with E-state index in [1.807, 2.05) is 12.1 Å². The Bertz CT molecular complexity index is 631. The van der Waals surface area contributed by atoms with Crippen molar-refractivity contribution in [3.05, 3.63) is 64.4 Å². The molecule has 0 unspecified atom stereocenters. The molecule has 0 amide bonds. The van der Waals surface area contributed by atoms with Gasteiger partial charge >= 0.3 is 0 Å². The molecule has 0 aliphatic heterocycles. The van der Waals surface area contributed by atoms with Crippen molar-refractivity contribution in [3.63, 3.8) is 0 Å². The second-order valence-electron chi connectivity index (χ2n) is 4.36. The van der Waals surface area contributed by atoms with Crippen molar-refractivity contribution in [3.8, 4) is 0 Å². The Morgan fingerprint density at radius 1 is 1.25 bits per heavy atom. The molecule has 20 heavy (non-hydrogen) atoms. The van der Waals surface area contributed by atoms with Gasteiger partial charge in [0.2, 0.25) is 0 Å². The number of nitrogens with two attached hydrogens (primary N) is 1. The average Bonchev–Trinajstić information content (AvgIpc) is 2.40. The van der Waals surface area contributed by atoms with Crippen LogP contribution in [0.1, 0.15) is 11.1 Å². The highest BCUT2D eigenvalue weighted by Gasteiger charge is 2.06. The van der Waals surface area contributed by atoms with E-state index < -0.39 is 0 Å². The topological polar surface area (TPSA) is 38.0 Å². The van der Waals surface area contributed by atoms with Crippen molar-refractivity contribution in [2.45, 2.75) is 6.42 Å². The van der Waals surface area contributed by atoms with Crippen LogP contribution in [0.5, 0.6) is 0 Å². The van der Waals surface area contributed by atoms with Crippen LogP contribution in [0, 0.1) is 5.82 Å². The Morgan fingerprint density at radius 3 is 2.75 bits per heavy atom. The molecule has 2 rings (SSSR count). The Hall–Kier alpha value is -1.65. The molecule has 2 aromatic rings. The van der Waals surface area contributed by atoms with E-state index in [4.69, 9.17) is 29.6 Å². The normalized spacial score (nSPS) is 10.3. The first kappa shape index (κ1) is 14.8. The molecule has 0 saturated carbocycles. The number of nitrogens with one attached hydrogen (secondary N) is 1. The lowest BCUT2D eigenvalue weighted by atomic mass is 10.1. The lowest BCUT2D eigenvalue weighted by Crippen LogP contribution is -2.14. The molecule has 0 aliphatic rings. The third-order valence-corrected chi connectivity index (χ3v) is 3.32. The lowest BCUT2D eigenvalue weighted by molar-refractivity contribution is 0.625. The highest BCUT2D eigenvalue weighted by Crippen LogP contribution is 2.20. The number of benzene rings is 2. The molecule has 0 atom stereocenters. The second-order valence-corrected chi connectivity index (χ2v) is 5.24. The number of rotatable bonds is 5. The maximum absolute atomic E-state index is 13.1. The summed E-state index contributed by atoms with van der Waals surface area (Å²) in [7, 11) is 0. The predicted molar refractivity (Wildman–Crippen MR) is 85.9 cm³/mol. The molecule has 0 bridgehead atoms. The van der Waals surface area contributed by atoms with Gasteiger partial charge in [-0.25, -0.2) is 4.39 Å². The van der Waals surface area contributed by atoms with E-state index in [2.05, 4.69) is 5.32 Å². The summed E-state index contributed by atoms with van der Waals surface area (Å²) in [6.45, 7) is 0.653. The van der Waals surface area contributed by atoms with Gasteiger partial charge in [0.15, 0.2) is 0 Å². The van der Waals surface area contributed by atoms with Gasteiger partial charge in [0, 0.05) is 22.8 Å². The van der Waals surface area contributed by atoms with Gasteiger partial charge in [-0.1, -0.05) is 36.0 Å². The van der Waals surface area contributed by atoms with E-state index in [-0.39, 0.29) is 5.82 Å². The molecule has 2 aromatic carbocycles. The van der Waals surface area contributed by atoms with E-state index in [9.17, 15) is 4.39 Å². The summed E-state index contributed by atoms with van der Waals surface area (Å²) in [5.41, 5.74) is 8.15. The minimum atomic E-state index is -0.224. The first-order valence-electron chi connectivity index (χ1n) is 6.14. The number of halogens is 2. The summed E-state index contributed by atoms with van der Waals surface area (Å²) >= 11 is 10.9. The maximum atomic E-state index is 13.1. The number of hydrogen-bond acceptors (Lipinski definition) is 2. The van der Waals surface area contributed by atoms with Crippen LogP contribution in [0.2, 0.25) is 5.02 Å². The van der Waals surface area contributed by atoms with Crippen LogP contribution in [0.3, 0.4) is 0 Å². The molecule has 0 aromatic heterocycles. The monoisotopic (exact) mass is 308 g/mol. The quantitative estimate of drug-likeness (QED) is 0.826. The largest absolute Gasteiger partial charge is 0.389 e. The zero-order valence-electron chi connectivity index (χ0n) is 10.7. The Labute approximate surface area is 127 Å². The fraction of sp³-hybridized carbons (Fsp3) is 0.133. The van der Waals surface area contributed by atoms with Gasteiger partial charge < -0.3 is 11.1 Å². The summed E-state index contributed by atoms with van der Waals surface area (Å²) in [5.74, 6) is -0.224. The number of thiocarbonyl (C=S) groups is 1. The zero-order chi connectivity index (χ0) is 14.5. The van der Waals surface area contributed by atoms with Crippen LogP contribution in [0.15, 0.2) is 42.5 Å². The van der Waals surface area contributed by atoms with E-state index >= 15 is 0 Å². The fourth-order valence-electron chi connectivity index (χ4n) is 1.91. The smallest absolute Gasteiger partial charge is 0.123 e. The predicted octanol–water partition coefficient (Wildman–Crippen LogP) is 3.77. The highest BCUT2D eigenvalue weighted by molar-refractivity contribution is 7.80. The van der Waals surface area contributed by atoms with Crippen LogP contribution >= 0.6 is 23.8 Å². The van der Waals surface area contributed by atoms with Crippen LogP contribution in [0.25, 0.3) is 0 Å². The third kappa shape index (κ3) is 3.92. The molecule has 2 nitrogen and oxygen atoms in total. The van der Waals surface area contributed by atoms with Gasteiger partial charge in [0.05, 0.1) is 0 Å². The highest BCUT2D eigenvalue weighted by atomic mass is 35.5. The van der Waals surface area contributed by atoms with Crippen LogP contribution in [-0.4, -0.2) is 11.5 Å². The van der Waals surface area contributed by atoms with Gasteiger partial charge in [-0.2, -0.15) is 0 Å². The van der Waals surface area contributed by atoms with E-state index in [0.29, 0.717) is 28.5 Å².